The quantitative estimate of drug-likeness (QED) is 0.259. The summed E-state index contributed by atoms with van der Waals surface area (Å²) in [6, 6.07) is 0. The van der Waals surface area contributed by atoms with Gasteiger partial charge in [-0.05, 0) is 56.1 Å². The minimum atomic E-state index is -3.46. The molecule has 0 aromatic heterocycles. The second-order valence-electron chi connectivity index (χ2n) is 12.7. The maximum Gasteiger partial charge on any atom is 0.426 e. The predicted octanol–water partition coefficient (Wildman–Crippen LogP) is 11.1. The van der Waals surface area contributed by atoms with E-state index in [2.05, 4.69) is 58.9 Å². The molecule has 0 aromatic carbocycles. The van der Waals surface area contributed by atoms with Crippen LogP contribution in [0.3, 0.4) is 0 Å². The van der Waals surface area contributed by atoms with Crippen molar-refractivity contribution in [1.82, 2.24) is 0 Å². The topological polar surface area (TPSA) is 9.23 Å². The normalized spacial score (nSPS) is 27.0. The molecule has 0 N–H and O–H groups in total. The molecular formula is C35H48F2O. The number of hydrogen-bond acceptors (Lipinski definition) is 1. The summed E-state index contributed by atoms with van der Waals surface area (Å²) in [4.78, 5) is 0. The summed E-state index contributed by atoms with van der Waals surface area (Å²) in [5.74, 6) is 0.222. The van der Waals surface area contributed by atoms with Crippen molar-refractivity contribution < 1.29 is 13.5 Å². The monoisotopic (exact) mass is 522 g/mol. The molecule has 2 atom stereocenters. The number of allylic oxidation sites excluding steroid dienone is 13. The lowest BCUT2D eigenvalue weighted by molar-refractivity contribution is -0.177. The van der Waals surface area contributed by atoms with Crippen molar-refractivity contribution >= 4 is 0 Å². The fraction of sp³-hybridized carbons (Fsp3) is 0.543. The molecule has 208 valence electrons. The van der Waals surface area contributed by atoms with Crippen LogP contribution < -0.4 is 0 Å². The third-order valence-corrected chi connectivity index (χ3v) is 7.86. The smallest absolute Gasteiger partial charge is 0.426 e. The Hall–Kier alpha value is -2.42. The Morgan fingerprint density at radius 3 is 2.08 bits per heavy atom. The Morgan fingerprint density at radius 1 is 0.711 bits per heavy atom. The molecule has 1 nitrogen and oxygen atoms in total. The average molecular weight is 523 g/mol. The van der Waals surface area contributed by atoms with Crippen LogP contribution in [-0.4, -0.2) is 6.11 Å². The van der Waals surface area contributed by atoms with Crippen LogP contribution in [0.15, 0.2) is 94.4 Å². The lowest BCUT2D eigenvalue weighted by atomic mass is 9.75. The molecule has 0 fully saturated rings. The number of fused-ring (bicyclic) bond motifs is 1. The fourth-order valence-corrected chi connectivity index (χ4v) is 6.14. The first-order valence-corrected chi connectivity index (χ1v) is 14.4. The van der Waals surface area contributed by atoms with Gasteiger partial charge in [0.05, 0.1) is 5.57 Å². The highest BCUT2D eigenvalue weighted by atomic mass is 19.3. The first-order chi connectivity index (χ1) is 17.7. The van der Waals surface area contributed by atoms with Gasteiger partial charge in [-0.2, -0.15) is 8.78 Å². The van der Waals surface area contributed by atoms with Crippen molar-refractivity contribution in [3.8, 4) is 0 Å². The second-order valence-corrected chi connectivity index (χ2v) is 12.7. The summed E-state index contributed by atoms with van der Waals surface area (Å²) in [6.45, 7) is 16.9. The molecule has 3 aliphatic carbocycles. The Bertz CT molecular complexity index is 1130. The Morgan fingerprint density at radius 2 is 1.39 bits per heavy atom. The predicted molar refractivity (Wildman–Crippen MR) is 158 cm³/mol. The first kappa shape index (κ1) is 30.1. The second kappa shape index (κ2) is 11.8. The molecule has 0 saturated carbocycles. The first-order valence-electron chi connectivity index (χ1n) is 14.4. The van der Waals surface area contributed by atoms with E-state index in [1.807, 2.05) is 39.0 Å². The van der Waals surface area contributed by atoms with Gasteiger partial charge >= 0.3 is 6.11 Å². The third kappa shape index (κ3) is 7.58. The van der Waals surface area contributed by atoms with Crippen molar-refractivity contribution in [1.29, 1.82) is 0 Å². The van der Waals surface area contributed by atoms with Gasteiger partial charge in [0, 0.05) is 16.2 Å². The van der Waals surface area contributed by atoms with Gasteiger partial charge in [-0.3, -0.25) is 0 Å². The van der Waals surface area contributed by atoms with Crippen LogP contribution in [0.1, 0.15) is 100 Å². The van der Waals surface area contributed by atoms with Crippen LogP contribution in [0.5, 0.6) is 0 Å². The zero-order valence-corrected chi connectivity index (χ0v) is 24.9. The van der Waals surface area contributed by atoms with E-state index in [1.165, 1.54) is 12.8 Å². The molecule has 3 aliphatic rings. The SMILES string of the molecule is CCCCCCC1(C)C=C(C)C=CC(OC(F)(F)C2=CC(C)(C)C3=CC(C)(CCC)C=C(C)C=C3C=C2)=C1. The Labute approximate surface area is 230 Å². The molecule has 0 radical (unpaired) electrons. The summed E-state index contributed by atoms with van der Waals surface area (Å²) < 4.78 is 37.3. The van der Waals surface area contributed by atoms with Crippen LogP contribution in [-0.2, 0) is 4.74 Å². The summed E-state index contributed by atoms with van der Waals surface area (Å²) in [5, 5.41) is 0. The van der Waals surface area contributed by atoms with Crippen LogP contribution in [0, 0.1) is 16.2 Å². The van der Waals surface area contributed by atoms with E-state index in [0.717, 1.165) is 54.4 Å². The van der Waals surface area contributed by atoms with Crippen molar-refractivity contribution in [2.75, 3.05) is 0 Å². The number of halogens is 2. The Balaban J connectivity index is 1.94. The largest absolute Gasteiger partial charge is 0.429 e. The van der Waals surface area contributed by atoms with Crippen molar-refractivity contribution in [2.45, 2.75) is 106 Å². The van der Waals surface area contributed by atoms with Crippen molar-refractivity contribution in [2.24, 2.45) is 16.2 Å². The zero-order valence-electron chi connectivity index (χ0n) is 24.9. The van der Waals surface area contributed by atoms with Crippen LogP contribution in [0.25, 0.3) is 0 Å². The molecular weight excluding hydrogens is 474 g/mol. The zero-order chi connectivity index (χ0) is 28.2. The maximum atomic E-state index is 15.9. The van der Waals surface area contributed by atoms with Gasteiger partial charge in [-0.1, -0.05) is 127 Å². The summed E-state index contributed by atoms with van der Waals surface area (Å²) in [6.07, 6.45) is 23.5. The molecule has 0 heterocycles. The molecule has 38 heavy (non-hydrogen) atoms. The standard InChI is InChI=1S/C35H48F2O/c1-9-11-12-13-19-34(8)21-26(3)14-17-30(24-34)38-35(36,37)29-16-15-28-20-27(4)22-33(7,18-10-2)25-31(28)32(5,6)23-29/h14-17,20-25H,9-13,18-19H2,1-8H3. The van der Waals surface area contributed by atoms with E-state index in [9.17, 15) is 0 Å². The molecule has 0 spiro atoms. The summed E-state index contributed by atoms with van der Waals surface area (Å²) >= 11 is 0. The lowest BCUT2D eigenvalue weighted by Gasteiger charge is -2.30. The molecule has 0 saturated heterocycles. The molecule has 0 amide bonds. The van der Waals surface area contributed by atoms with Crippen LogP contribution in [0.4, 0.5) is 8.78 Å². The molecule has 3 rings (SSSR count). The number of ether oxygens (including phenoxy) is 1. The van der Waals surface area contributed by atoms with Gasteiger partial charge < -0.3 is 4.74 Å². The number of alkyl halides is 2. The number of unbranched alkanes of at least 4 members (excludes halogenated alkanes) is 3. The number of rotatable bonds is 10. The van der Waals surface area contributed by atoms with Crippen LogP contribution in [0.2, 0.25) is 0 Å². The van der Waals surface area contributed by atoms with E-state index in [4.69, 9.17) is 4.74 Å². The molecule has 0 aliphatic heterocycles. The minimum absolute atomic E-state index is 0.107. The maximum absolute atomic E-state index is 15.9. The molecule has 0 aromatic rings. The van der Waals surface area contributed by atoms with E-state index in [1.54, 1.807) is 18.2 Å². The lowest BCUT2D eigenvalue weighted by Crippen LogP contribution is -2.25. The molecule has 0 bridgehead atoms. The van der Waals surface area contributed by atoms with Gasteiger partial charge in [-0.15, -0.1) is 0 Å². The van der Waals surface area contributed by atoms with E-state index >= 15 is 8.78 Å². The summed E-state index contributed by atoms with van der Waals surface area (Å²) in [7, 11) is 0. The molecule has 3 heteroatoms. The fourth-order valence-electron chi connectivity index (χ4n) is 6.14. The van der Waals surface area contributed by atoms with Gasteiger partial charge in [0.2, 0.25) is 0 Å². The van der Waals surface area contributed by atoms with E-state index in [-0.39, 0.29) is 22.2 Å². The van der Waals surface area contributed by atoms with Crippen LogP contribution >= 0.6 is 0 Å². The van der Waals surface area contributed by atoms with Gasteiger partial charge in [-0.25, -0.2) is 0 Å². The minimum Gasteiger partial charge on any atom is -0.429 e. The average Bonchev–Trinajstić information content (AvgIpc) is 3.08. The highest BCUT2D eigenvalue weighted by Gasteiger charge is 2.41. The third-order valence-electron chi connectivity index (χ3n) is 7.86. The number of hydrogen-bond donors (Lipinski definition) is 0. The van der Waals surface area contributed by atoms with Crippen molar-refractivity contribution in [3.05, 3.63) is 94.4 Å². The molecule has 2 unspecified atom stereocenters. The Kier molecular flexibility index (Phi) is 9.32. The van der Waals surface area contributed by atoms with Crippen molar-refractivity contribution in [3.63, 3.8) is 0 Å². The van der Waals surface area contributed by atoms with Gasteiger partial charge in [0.15, 0.2) is 0 Å². The highest BCUT2D eigenvalue weighted by Crippen LogP contribution is 2.46. The van der Waals surface area contributed by atoms with Gasteiger partial charge in [0.1, 0.15) is 5.76 Å². The highest BCUT2D eigenvalue weighted by molar-refractivity contribution is 5.56. The van der Waals surface area contributed by atoms with Gasteiger partial charge in [0.25, 0.3) is 0 Å². The summed E-state index contributed by atoms with van der Waals surface area (Å²) in [5.41, 5.74) is 3.15. The van der Waals surface area contributed by atoms with E-state index in [0.29, 0.717) is 0 Å². The van der Waals surface area contributed by atoms with E-state index < -0.39 is 11.5 Å².